The van der Waals surface area contributed by atoms with E-state index in [1.54, 1.807) is 6.92 Å². The second-order valence-electron chi connectivity index (χ2n) is 4.48. The van der Waals surface area contributed by atoms with E-state index in [9.17, 15) is 13.2 Å². The summed E-state index contributed by atoms with van der Waals surface area (Å²) in [5.74, 6) is -0.218. The van der Waals surface area contributed by atoms with E-state index in [4.69, 9.17) is 0 Å². The number of hydrogen-bond acceptors (Lipinski definition) is 7. The van der Waals surface area contributed by atoms with E-state index in [0.29, 0.717) is 32.6 Å². The fourth-order valence-corrected chi connectivity index (χ4v) is 4.19. The lowest BCUT2D eigenvalue weighted by Gasteiger charge is -2.30. The summed E-state index contributed by atoms with van der Waals surface area (Å²) in [6.45, 7) is 3.97. The number of rotatable bonds is 4. The molecule has 2 heterocycles. The Balaban J connectivity index is 2.12. The van der Waals surface area contributed by atoms with E-state index < -0.39 is 10.0 Å². The number of nitrogens with zero attached hydrogens (tertiary/aromatic N) is 4. The standard InChI is InChI=1S/C10H17N5O3S2/c1-3-8(16)11-9-12-13-10(19-9)20(17,18)15-6-4-14(2)5-7-15/h3-7H2,1-2H3,(H,11,12,16). The molecule has 1 aromatic rings. The lowest BCUT2D eigenvalue weighted by atomic mass is 10.4. The lowest BCUT2D eigenvalue weighted by Crippen LogP contribution is -2.46. The van der Waals surface area contributed by atoms with Crippen molar-refractivity contribution in [2.75, 3.05) is 38.5 Å². The number of carbonyl (C=O) groups excluding carboxylic acids is 1. The van der Waals surface area contributed by atoms with Crippen LogP contribution in [-0.4, -0.2) is 67.0 Å². The summed E-state index contributed by atoms with van der Waals surface area (Å²) >= 11 is 0.881. The predicted molar refractivity (Wildman–Crippen MR) is 75.1 cm³/mol. The van der Waals surface area contributed by atoms with Gasteiger partial charge in [0.15, 0.2) is 0 Å². The van der Waals surface area contributed by atoms with Gasteiger partial charge in [-0.3, -0.25) is 4.79 Å². The molecular weight excluding hydrogens is 302 g/mol. The quantitative estimate of drug-likeness (QED) is 0.774. The van der Waals surface area contributed by atoms with Gasteiger partial charge in [0.1, 0.15) is 0 Å². The maximum absolute atomic E-state index is 12.4. The highest BCUT2D eigenvalue weighted by atomic mass is 32.2. The van der Waals surface area contributed by atoms with Gasteiger partial charge in [-0.25, -0.2) is 8.42 Å². The average Bonchev–Trinajstić information content (AvgIpc) is 2.88. The Hall–Kier alpha value is -1.10. The molecule has 0 aliphatic carbocycles. The van der Waals surface area contributed by atoms with Gasteiger partial charge in [-0.2, -0.15) is 4.31 Å². The third-order valence-electron chi connectivity index (χ3n) is 3.00. The molecule has 0 bridgehead atoms. The van der Waals surface area contributed by atoms with Crippen LogP contribution >= 0.6 is 11.3 Å². The van der Waals surface area contributed by atoms with Crippen LogP contribution in [0.25, 0.3) is 0 Å². The van der Waals surface area contributed by atoms with Crippen molar-refractivity contribution in [3.05, 3.63) is 0 Å². The van der Waals surface area contributed by atoms with Crippen LogP contribution in [0.5, 0.6) is 0 Å². The number of nitrogens with one attached hydrogen (secondary N) is 1. The molecule has 20 heavy (non-hydrogen) atoms. The molecule has 1 aliphatic rings. The first kappa shape index (κ1) is 15.3. The van der Waals surface area contributed by atoms with E-state index in [0.717, 1.165) is 11.3 Å². The zero-order chi connectivity index (χ0) is 14.8. The van der Waals surface area contributed by atoms with Crippen molar-refractivity contribution in [1.82, 2.24) is 19.4 Å². The number of hydrogen-bond donors (Lipinski definition) is 1. The number of sulfonamides is 1. The maximum atomic E-state index is 12.4. The van der Waals surface area contributed by atoms with E-state index in [1.807, 2.05) is 7.05 Å². The first-order valence-corrected chi connectivity index (χ1v) is 8.51. The topological polar surface area (TPSA) is 95.5 Å². The minimum absolute atomic E-state index is 0.0755. The highest BCUT2D eigenvalue weighted by molar-refractivity contribution is 7.91. The van der Waals surface area contributed by atoms with Crippen molar-refractivity contribution >= 4 is 32.4 Å². The molecule has 1 amide bonds. The average molecular weight is 319 g/mol. The summed E-state index contributed by atoms with van der Waals surface area (Å²) in [6, 6.07) is 0. The number of carbonyl (C=O) groups is 1. The molecule has 0 aromatic carbocycles. The molecule has 0 atom stereocenters. The number of piperazine rings is 1. The van der Waals surface area contributed by atoms with E-state index in [2.05, 4.69) is 20.4 Å². The molecule has 0 radical (unpaired) electrons. The number of amides is 1. The Morgan fingerprint density at radius 2 is 1.95 bits per heavy atom. The molecule has 2 rings (SSSR count). The van der Waals surface area contributed by atoms with Crippen LogP contribution in [0, 0.1) is 0 Å². The molecule has 1 saturated heterocycles. The molecule has 112 valence electrons. The molecule has 1 aromatic heterocycles. The molecule has 0 saturated carbocycles. The Morgan fingerprint density at radius 3 is 2.55 bits per heavy atom. The van der Waals surface area contributed by atoms with Gasteiger partial charge in [0.2, 0.25) is 15.4 Å². The van der Waals surface area contributed by atoms with Crippen molar-refractivity contribution in [2.45, 2.75) is 17.7 Å². The van der Waals surface area contributed by atoms with Gasteiger partial charge < -0.3 is 10.2 Å². The van der Waals surface area contributed by atoms with Crippen LogP contribution in [0.15, 0.2) is 4.34 Å². The van der Waals surface area contributed by atoms with Crippen LogP contribution in [0.3, 0.4) is 0 Å². The lowest BCUT2D eigenvalue weighted by molar-refractivity contribution is -0.115. The summed E-state index contributed by atoms with van der Waals surface area (Å²) in [5.41, 5.74) is 0. The zero-order valence-electron chi connectivity index (χ0n) is 11.4. The van der Waals surface area contributed by atoms with Gasteiger partial charge >= 0.3 is 0 Å². The van der Waals surface area contributed by atoms with E-state index >= 15 is 0 Å². The SMILES string of the molecule is CCC(=O)Nc1nnc(S(=O)(=O)N2CCN(C)CC2)s1. The summed E-state index contributed by atoms with van der Waals surface area (Å²) in [6.07, 6.45) is 0.306. The first-order valence-electron chi connectivity index (χ1n) is 6.25. The second kappa shape index (κ2) is 6.12. The van der Waals surface area contributed by atoms with E-state index in [1.165, 1.54) is 4.31 Å². The van der Waals surface area contributed by atoms with Crippen molar-refractivity contribution in [3.8, 4) is 0 Å². The minimum atomic E-state index is -3.61. The van der Waals surface area contributed by atoms with Crippen LogP contribution < -0.4 is 5.32 Å². The Bertz CT molecular complexity index is 577. The van der Waals surface area contributed by atoms with Gasteiger partial charge in [-0.15, -0.1) is 10.2 Å². The van der Waals surface area contributed by atoms with E-state index in [-0.39, 0.29) is 15.4 Å². The van der Waals surface area contributed by atoms with Crippen LogP contribution in [0.4, 0.5) is 5.13 Å². The van der Waals surface area contributed by atoms with Gasteiger partial charge in [0.25, 0.3) is 10.0 Å². The third kappa shape index (κ3) is 3.32. The van der Waals surface area contributed by atoms with Crippen molar-refractivity contribution < 1.29 is 13.2 Å². The molecule has 10 heteroatoms. The van der Waals surface area contributed by atoms with Crippen molar-refractivity contribution in [1.29, 1.82) is 0 Å². The van der Waals surface area contributed by atoms with Crippen LogP contribution in [0.2, 0.25) is 0 Å². The Labute approximate surface area is 121 Å². The molecule has 1 fully saturated rings. The van der Waals surface area contributed by atoms with Crippen molar-refractivity contribution in [3.63, 3.8) is 0 Å². The molecule has 0 unspecified atom stereocenters. The first-order chi connectivity index (χ1) is 9.43. The Kier molecular flexibility index (Phi) is 4.68. The smallest absolute Gasteiger partial charge is 0.272 e. The molecule has 1 N–H and O–H groups in total. The summed E-state index contributed by atoms with van der Waals surface area (Å²) in [5, 5.41) is 10.1. The fourth-order valence-electron chi connectivity index (χ4n) is 1.71. The molecule has 1 aliphatic heterocycles. The zero-order valence-corrected chi connectivity index (χ0v) is 13.0. The highest BCUT2D eigenvalue weighted by Crippen LogP contribution is 2.24. The summed E-state index contributed by atoms with van der Waals surface area (Å²) < 4.78 is 26.1. The van der Waals surface area contributed by atoms with Gasteiger partial charge in [-0.05, 0) is 7.05 Å². The molecule has 8 nitrogen and oxygen atoms in total. The highest BCUT2D eigenvalue weighted by Gasteiger charge is 2.30. The fraction of sp³-hybridized carbons (Fsp3) is 0.700. The summed E-state index contributed by atoms with van der Waals surface area (Å²) in [4.78, 5) is 13.3. The second-order valence-corrected chi connectivity index (χ2v) is 7.57. The minimum Gasteiger partial charge on any atom is -0.304 e. The van der Waals surface area contributed by atoms with Gasteiger partial charge in [0.05, 0.1) is 0 Å². The number of aromatic nitrogens is 2. The molecular formula is C10H17N5O3S2. The maximum Gasteiger partial charge on any atom is 0.272 e. The largest absolute Gasteiger partial charge is 0.304 e. The van der Waals surface area contributed by atoms with Gasteiger partial charge in [-0.1, -0.05) is 18.3 Å². The predicted octanol–water partition coefficient (Wildman–Crippen LogP) is -0.177. The van der Waals surface area contributed by atoms with Crippen LogP contribution in [-0.2, 0) is 14.8 Å². The number of likely N-dealkylation sites (N-methyl/N-ethyl adjacent to an activating group) is 1. The number of anilines is 1. The monoisotopic (exact) mass is 319 g/mol. The van der Waals surface area contributed by atoms with Crippen LogP contribution in [0.1, 0.15) is 13.3 Å². The summed E-state index contributed by atoms with van der Waals surface area (Å²) in [7, 11) is -1.66. The third-order valence-corrected chi connectivity index (χ3v) is 6.08. The molecule has 0 spiro atoms. The van der Waals surface area contributed by atoms with Crippen molar-refractivity contribution in [2.24, 2.45) is 0 Å². The Morgan fingerprint density at radius 1 is 1.30 bits per heavy atom. The van der Waals surface area contributed by atoms with Gasteiger partial charge in [0, 0.05) is 32.6 Å². The normalized spacial score (nSPS) is 18.1.